The highest BCUT2D eigenvalue weighted by atomic mass is 32.1. The summed E-state index contributed by atoms with van der Waals surface area (Å²) in [5.74, 6) is 1.98. The van der Waals surface area contributed by atoms with Gasteiger partial charge in [-0.15, -0.1) is 11.3 Å². The second kappa shape index (κ2) is 11.2. The van der Waals surface area contributed by atoms with Gasteiger partial charge in [-0.05, 0) is 55.6 Å². The molecule has 0 bridgehead atoms. The van der Waals surface area contributed by atoms with E-state index in [1.807, 2.05) is 72.0 Å². The molecule has 0 N–H and O–H groups in total. The Morgan fingerprint density at radius 2 is 0.735 bits per heavy atom. The van der Waals surface area contributed by atoms with Crippen LogP contribution in [0.15, 0.2) is 164 Å². The van der Waals surface area contributed by atoms with Crippen LogP contribution in [0.1, 0.15) is 0 Å². The fraction of sp³-hybridized carbons (Fsp3) is 0. The van der Waals surface area contributed by atoms with Gasteiger partial charge in [0.1, 0.15) is 0 Å². The number of fused-ring (bicyclic) bond motifs is 9. The van der Waals surface area contributed by atoms with E-state index >= 15 is 0 Å². The van der Waals surface area contributed by atoms with Crippen molar-refractivity contribution in [1.82, 2.24) is 15.0 Å². The lowest BCUT2D eigenvalue weighted by molar-refractivity contribution is 1.07. The van der Waals surface area contributed by atoms with Gasteiger partial charge in [-0.2, -0.15) is 0 Å². The van der Waals surface area contributed by atoms with Crippen molar-refractivity contribution in [3.63, 3.8) is 0 Å². The minimum atomic E-state index is 0.658. The summed E-state index contributed by atoms with van der Waals surface area (Å²) in [6, 6.07) is 58.0. The van der Waals surface area contributed by atoms with Crippen molar-refractivity contribution in [2.45, 2.75) is 0 Å². The molecule has 0 aliphatic heterocycles. The predicted molar refractivity (Wildman–Crippen MR) is 207 cm³/mol. The molecule has 10 rings (SSSR count). The van der Waals surface area contributed by atoms with Crippen molar-refractivity contribution >= 4 is 63.8 Å². The maximum Gasteiger partial charge on any atom is 0.164 e. The van der Waals surface area contributed by atoms with E-state index in [9.17, 15) is 0 Å². The highest BCUT2D eigenvalue weighted by Crippen LogP contribution is 2.44. The molecule has 0 atom stereocenters. The average molecular weight is 642 g/mol. The van der Waals surface area contributed by atoms with E-state index in [4.69, 9.17) is 15.0 Å². The van der Waals surface area contributed by atoms with Gasteiger partial charge in [0.25, 0.3) is 0 Å². The third kappa shape index (κ3) is 4.61. The summed E-state index contributed by atoms with van der Waals surface area (Å²) in [5.41, 5.74) is 5.28. The third-order valence-electron chi connectivity index (χ3n) is 9.52. The zero-order chi connectivity index (χ0) is 32.3. The van der Waals surface area contributed by atoms with Gasteiger partial charge in [-0.3, -0.25) is 0 Å². The highest BCUT2D eigenvalue weighted by Gasteiger charge is 2.16. The number of nitrogens with zero attached hydrogens (tertiary/aromatic N) is 3. The van der Waals surface area contributed by atoms with Gasteiger partial charge < -0.3 is 0 Å². The molecule has 0 unspecified atom stereocenters. The summed E-state index contributed by atoms with van der Waals surface area (Å²) in [6.07, 6.45) is 0. The van der Waals surface area contributed by atoms with Gasteiger partial charge >= 0.3 is 0 Å². The lowest BCUT2D eigenvalue weighted by atomic mass is 9.93. The molecule has 0 fully saturated rings. The zero-order valence-corrected chi connectivity index (χ0v) is 27.2. The van der Waals surface area contributed by atoms with Crippen LogP contribution >= 0.6 is 11.3 Å². The van der Waals surface area contributed by atoms with Gasteiger partial charge in [-0.1, -0.05) is 152 Å². The van der Waals surface area contributed by atoms with Crippen LogP contribution in [-0.4, -0.2) is 15.0 Å². The molecular formula is C45H27N3S. The Bertz CT molecular complexity index is 2800. The van der Waals surface area contributed by atoms with Crippen LogP contribution < -0.4 is 0 Å². The van der Waals surface area contributed by atoms with Crippen LogP contribution in [0.25, 0.3) is 97.8 Å². The minimum absolute atomic E-state index is 0.658. The maximum absolute atomic E-state index is 4.93. The quantitative estimate of drug-likeness (QED) is 0.180. The van der Waals surface area contributed by atoms with Gasteiger partial charge in [0, 0.05) is 36.9 Å². The summed E-state index contributed by atoms with van der Waals surface area (Å²) >= 11 is 1.88. The lowest BCUT2D eigenvalue weighted by Crippen LogP contribution is -2.00. The molecule has 2 heterocycles. The molecular weight excluding hydrogens is 615 g/mol. The lowest BCUT2D eigenvalue weighted by Gasteiger charge is -2.10. The van der Waals surface area contributed by atoms with Crippen LogP contribution in [-0.2, 0) is 0 Å². The third-order valence-corrected chi connectivity index (χ3v) is 10.7. The molecule has 0 aliphatic carbocycles. The maximum atomic E-state index is 4.93. The summed E-state index contributed by atoms with van der Waals surface area (Å²) in [4.78, 5) is 14.7. The van der Waals surface area contributed by atoms with Crippen LogP contribution in [0.5, 0.6) is 0 Å². The summed E-state index contributed by atoms with van der Waals surface area (Å²) in [6.45, 7) is 0. The fourth-order valence-electron chi connectivity index (χ4n) is 7.16. The Labute approximate surface area is 286 Å². The summed E-state index contributed by atoms with van der Waals surface area (Å²) in [5, 5.41) is 10.4. The minimum Gasteiger partial charge on any atom is -0.208 e. The first-order chi connectivity index (χ1) is 24.3. The van der Waals surface area contributed by atoms with Gasteiger partial charge in [0.05, 0.1) is 0 Å². The van der Waals surface area contributed by atoms with E-state index in [1.165, 1.54) is 63.6 Å². The summed E-state index contributed by atoms with van der Waals surface area (Å²) in [7, 11) is 0. The molecule has 0 amide bonds. The Balaban J connectivity index is 1.11. The van der Waals surface area contributed by atoms with Gasteiger partial charge in [-0.25, -0.2) is 15.0 Å². The first-order valence-electron chi connectivity index (χ1n) is 16.4. The standard InChI is InChI=1S/C45H27N3S/c1-3-12-29(13-4-1)43-46-44(30-14-5-2-6-15-30)48-45(47-43)31-24-22-28(23-25-31)32-20-11-21-37-40-26-38-35-18-9-7-16-33(35)34-17-8-10-19-36(34)39(38)27-41(40)49-42(32)37/h1-27H. The SMILES string of the molecule is c1ccc(-c2nc(-c3ccccc3)nc(-c3ccc(-c4cccc5c4sc4cc6c7ccccc7c7ccccc7c6cc45)cc3)n2)cc1. The topological polar surface area (TPSA) is 38.7 Å². The molecule has 0 saturated heterocycles. The van der Waals surface area contributed by atoms with Crippen molar-refractivity contribution in [3.05, 3.63) is 164 Å². The van der Waals surface area contributed by atoms with Crippen molar-refractivity contribution in [1.29, 1.82) is 0 Å². The normalized spacial score (nSPS) is 11.7. The predicted octanol–water partition coefficient (Wildman–Crippen LogP) is 12.4. The Hall–Kier alpha value is -6.23. The largest absolute Gasteiger partial charge is 0.208 e. The summed E-state index contributed by atoms with van der Waals surface area (Å²) < 4.78 is 2.60. The fourth-order valence-corrected chi connectivity index (χ4v) is 8.42. The second-order valence-corrected chi connectivity index (χ2v) is 13.4. The molecule has 4 heteroatoms. The molecule has 0 radical (unpaired) electrons. The number of thiophene rings is 1. The molecule has 8 aromatic carbocycles. The van der Waals surface area contributed by atoms with Gasteiger partial charge in [0.2, 0.25) is 0 Å². The number of hydrogen-bond donors (Lipinski definition) is 0. The highest BCUT2D eigenvalue weighted by molar-refractivity contribution is 7.26. The molecule has 0 saturated carbocycles. The Morgan fingerprint density at radius 1 is 0.306 bits per heavy atom. The van der Waals surface area contributed by atoms with Crippen molar-refractivity contribution in [2.75, 3.05) is 0 Å². The smallest absolute Gasteiger partial charge is 0.164 e. The molecule has 3 nitrogen and oxygen atoms in total. The molecule has 10 aromatic rings. The number of benzene rings is 8. The Morgan fingerprint density at radius 3 is 1.29 bits per heavy atom. The first-order valence-corrected chi connectivity index (χ1v) is 17.3. The molecule has 0 spiro atoms. The second-order valence-electron chi connectivity index (χ2n) is 12.4. The number of rotatable bonds is 4. The van der Waals surface area contributed by atoms with Crippen molar-refractivity contribution in [3.8, 4) is 45.3 Å². The molecule has 2 aromatic heterocycles. The monoisotopic (exact) mass is 641 g/mol. The zero-order valence-electron chi connectivity index (χ0n) is 26.3. The molecule has 228 valence electrons. The molecule has 0 aliphatic rings. The first kappa shape index (κ1) is 27.8. The van der Waals surface area contributed by atoms with Crippen LogP contribution in [0, 0.1) is 0 Å². The van der Waals surface area contributed by atoms with Crippen molar-refractivity contribution in [2.24, 2.45) is 0 Å². The van der Waals surface area contributed by atoms with E-state index < -0.39 is 0 Å². The average Bonchev–Trinajstić information content (AvgIpc) is 3.56. The molecule has 49 heavy (non-hydrogen) atoms. The van der Waals surface area contributed by atoms with E-state index in [-0.39, 0.29) is 0 Å². The van der Waals surface area contributed by atoms with Crippen LogP contribution in [0.4, 0.5) is 0 Å². The van der Waals surface area contributed by atoms with E-state index in [0.717, 1.165) is 16.7 Å². The number of aromatic nitrogens is 3. The van der Waals surface area contributed by atoms with Crippen LogP contribution in [0.3, 0.4) is 0 Å². The van der Waals surface area contributed by atoms with E-state index in [0.29, 0.717) is 17.5 Å². The van der Waals surface area contributed by atoms with Gasteiger partial charge in [0.15, 0.2) is 17.5 Å². The Kier molecular flexibility index (Phi) is 6.36. The van der Waals surface area contributed by atoms with Crippen molar-refractivity contribution < 1.29 is 0 Å². The van der Waals surface area contributed by atoms with E-state index in [1.54, 1.807) is 0 Å². The van der Waals surface area contributed by atoms with E-state index in [2.05, 4.69) is 103 Å². The van der Waals surface area contributed by atoms with Crippen LogP contribution in [0.2, 0.25) is 0 Å². The number of hydrogen-bond acceptors (Lipinski definition) is 4.